The van der Waals surface area contributed by atoms with Crippen LogP contribution < -0.4 is 10.0 Å². The van der Waals surface area contributed by atoms with Gasteiger partial charge in [0, 0.05) is 13.1 Å². The van der Waals surface area contributed by atoms with Crippen LogP contribution in [0, 0.1) is 5.82 Å². The largest absolute Gasteiger partial charge is 0.316 e. The van der Waals surface area contributed by atoms with Crippen molar-refractivity contribution in [3.05, 3.63) is 50.9 Å². The molecule has 4 nitrogen and oxygen atoms in total. The normalized spacial score (nSPS) is 11.8. The summed E-state index contributed by atoms with van der Waals surface area (Å²) in [7, 11) is -2.12. The summed E-state index contributed by atoms with van der Waals surface area (Å²) in [5, 5.41) is 6.45. The Balaban J connectivity index is 2.27. The first-order valence-corrected chi connectivity index (χ1v) is 8.87. The summed E-state index contributed by atoms with van der Waals surface area (Å²) in [6.07, 6.45) is 0. The van der Waals surface area contributed by atoms with E-state index in [1.165, 1.54) is 17.4 Å². The first-order chi connectivity index (χ1) is 9.94. The van der Waals surface area contributed by atoms with Crippen molar-refractivity contribution in [2.75, 3.05) is 7.05 Å². The summed E-state index contributed by atoms with van der Waals surface area (Å²) in [5.74, 6) is -0.750. The van der Waals surface area contributed by atoms with E-state index in [1.807, 2.05) is 16.8 Å². The van der Waals surface area contributed by atoms with Crippen LogP contribution in [-0.4, -0.2) is 15.5 Å². The van der Waals surface area contributed by atoms with E-state index in [0.29, 0.717) is 5.56 Å². The number of rotatable bonds is 6. The number of thiophene rings is 1. The second-order valence-corrected chi connectivity index (χ2v) is 7.29. The van der Waals surface area contributed by atoms with E-state index in [0.717, 1.165) is 11.6 Å². The molecule has 8 heteroatoms. The van der Waals surface area contributed by atoms with Crippen LogP contribution in [0.2, 0.25) is 5.02 Å². The quantitative estimate of drug-likeness (QED) is 0.844. The number of halogens is 2. The van der Waals surface area contributed by atoms with Crippen molar-refractivity contribution in [1.82, 2.24) is 10.0 Å². The van der Waals surface area contributed by atoms with Crippen molar-refractivity contribution in [3.63, 3.8) is 0 Å². The highest BCUT2D eigenvalue weighted by molar-refractivity contribution is 7.89. The van der Waals surface area contributed by atoms with Gasteiger partial charge in [0.05, 0.1) is 9.92 Å². The van der Waals surface area contributed by atoms with Gasteiger partial charge in [0.2, 0.25) is 10.0 Å². The van der Waals surface area contributed by atoms with Crippen molar-refractivity contribution in [1.29, 1.82) is 0 Å². The maximum absolute atomic E-state index is 13.8. The van der Waals surface area contributed by atoms with Crippen molar-refractivity contribution in [2.45, 2.75) is 18.0 Å². The van der Waals surface area contributed by atoms with Crippen LogP contribution in [0.5, 0.6) is 0 Å². The molecule has 114 valence electrons. The standard InChI is InChI=1S/C13H14ClFN2O2S2/c1-16-7-10-4-11(5-12(15)13(10)14)21(18,19)17-6-9-2-3-20-8-9/h2-5,8,16-17H,6-7H2,1H3. The smallest absolute Gasteiger partial charge is 0.240 e. The number of sulfonamides is 1. The SMILES string of the molecule is CNCc1cc(S(=O)(=O)NCc2ccsc2)cc(F)c1Cl. The van der Waals surface area contributed by atoms with Crippen LogP contribution in [-0.2, 0) is 23.1 Å². The lowest BCUT2D eigenvalue weighted by molar-refractivity contribution is 0.576. The molecule has 0 aliphatic rings. The molecule has 0 saturated carbocycles. The third-order valence-corrected chi connectivity index (χ3v) is 5.34. The number of nitrogens with one attached hydrogen (secondary N) is 2. The van der Waals surface area contributed by atoms with Crippen LogP contribution in [0.1, 0.15) is 11.1 Å². The summed E-state index contributed by atoms with van der Waals surface area (Å²) < 4.78 is 40.6. The van der Waals surface area contributed by atoms with E-state index in [4.69, 9.17) is 11.6 Å². The molecule has 0 unspecified atom stereocenters. The molecule has 21 heavy (non-hydrogen) atoms. The minimum Gasteiger partial charge on any atom is -0.316 e. The molecule has 1 heterocycles. The van der Waals surface area contributed by atoms with Gasteiger partial charge >= 0.3 is 0 Å². The first kappa shape index (κ1) is 16.4. The van der Waals surface area contributed by atoms with Gasteiger partial charge in [-0.25, -0.2) is 17.5 Å². The summed E-state index contributed by atoms with van der Waals surface area (Å²) >= 11 is 7.30. The zero-order valence-electron chi connectivity index (χ0n) is 11.2. The molecule has 0 aliphatic heterocycles. The van der Waals surface area contributed by atoms with Crippen LogP contribution in [0.25, 0.3) is 0 Å². The zero-order chi connectivity index (χ0) is 15.5. The molecular formula is C13H14ClFN2O2S2. The highest BCUT2D eigenvalue weighted by Crippen LogP contribution is 2.24. The lowest BCUT2D eigenvalue weighted by atomic mass is 10.2. The fraction of sp³-hybridized carbons (Fsp3) is 0.231. The van der Waals surface area contributed by atoms with Gasteiger partial charge in [-0.05, 0) is 47.1 Å². The molecule has 1 aromatic carbocycles. The average molecular weight is 349 g/mol. The monoisotopic (exact) mass is 348 g/mol. The third-order valence-electron chi connectivity index (χ3n) is 2.80. The van der Waals surface area contributed by atoms with Crippen molar-refractivity contribution < 1.29 is 12.8 Å². The molecule has 2 N–H and O–H groups in total. The molecule has 0 saturated heterocycles. The topological polar surface area (TPSA) is 58.2 Å². The van der Waals surface area contributed by atoms with Gasteiger partial charge in [-0.2, -0.15) is 11.3 Å². The van der Waals surface area contributed by atoms with Crippen LogP contribution >= 0.6 is 22.9 Å². The lowest BCUT2D eigenvalue weighted by Crippen LogP contribution is -2.23. The van der Waals surface area contributed by atoms with Crippen LogP contribution in [0.15, 0.2) is 33.9 Å². The van der Waals surface area contributed by atoms with Gasteiger partial charge in [-0.3, -0.25) is 0 Å². The molecule has 0 spiro atoms. The molecular weight excluding hydrogens is 335 g/mol. The van der Waals surface area contributed by atoms with E-state index in [2.05, 4.69) is 10.0 Å². The van der Waals surface area contributed by atoms with Crippen molar-refractivity contribution in [3.8, 4) is 0 Å². The van der Waals surface area contributed by atoms with E-state index in [1.54, 1.807) is 7.05 Å². The Morgan fingerprint density at radius 2 is 2.10 bits per heavy atom. The molecule has 0 amide bonds. The maximum Gasteiger partial charge on any atom is 0.240 e. The molecule has 1 aromatic heterocycles. The molecule has 0 atom stereocenters. The number of hydrogen-bond acceptors (Lipinski definition) is 4. The fourth-order valence-electron chi connectivity index (χ4n) is 1.75. The maximum atomic E-state index is 13.8. The van der Waals surface area contributed by atoms with E-state index >= 15 is 0 Å². The second kappa shape index (κ2) is 6.85. The van der Waals surface area contributed by atoms with E-state index in [9.17, 15) is 12.8 Å². The van der Waals surface area contributed by atoms with Gasteiger partial charge < -0.3 is 5.32 Å². The molecule has 0 aliphatic carbocycles. The summed E-state index contributed by atoms with van der Waals surface area (Å²) in [6.45, 7) is 0.446. The minimum atomic E-state index is -3.79. The second-order valence-electron chi connectivity index (χ2n) is 4.36. The predicted octanol–water partition coefficient (Wildman–Crippen LogP) is 2.74. The minimum absolute atomic E-state index is 0.0684. The van der Waals surface area contributed by atoms with Gasteiger partial charge in [-0.15, -0.1) is 0 Å². The van der Waals surface area contributed by atoms with Gasteiger partial charge in [0.25, 0.3) is 0 Å². The highest BCUT2D eigenvalue weighted by Gasteiger charge is 2.18. The predicted molar refractivity (Wildman–Crippen MR) is 82.5 cm³/mol. The van der Waals surface area contributed by atoms with Crippen LogP contribution in [0.4, 0.5) is 4.39 Å². The number of benzene rings is 1. The highest BCUT2D eigenvalue weighted by atomic mass is 35.5. The van der Waals surface area contributed by atoms with Crippen molar-refractivity contribution in [2.24, 2.45) is 0 Å². The Labute approximate surface area is 132 Å². The van der Waals surface area contributed by atoms with Crippen molar-refractivity contribution >= 4 is 33.0 Å². The molecule has 0 radical (unpaired) electrons. The Morgan fingerprint density at radius 1 is 1.33 bits per heavy atom. The van der Waals surface area contributed by atoms with Gasteiger partial charge in [0.15, 0.2) is 0 Å². The summed E-state index contributed by atoms with van der Waals surface area (Å²) in [6, 6.07) is 4.12. The Kier molecular flexibility index (Phi) is 5.34. The fourth-order valence-corrected chi connectivity index (χ4v) is 3.67. The molecule has 2 rings (SSSR count). The zero-order valence-corrected chi connectivity index (χ0v) is 13.6. The third kappa shape index (κ3) is 4.02. The lowest BCUT2D eigenvalue weighted by Gasteiger charge is -2.10. The summed E-state index contributed by atoms with van der Waals surface area (Å²) in [4.78, 5) is -0.134. The molecule has 0 bridgehead atoms. The van der Waals surface area contributed by atoms with E-state index in [-0.39, 0.29) is 23.0 Å². The Hall–Kier alpha value is -0.990. The average Bonchev–Trinajstić information content (AvgIpc) is 2.95. The van der Waals surface area contributed by atoms with Gasteiger partial charge in [-0.1, -0.05) is 11.6 Å². The Bertz CT molecular complexity index is 718. The Morgan fingerprint density at radius 3 is 2.71 bits per heavy atom. The molecule has 2 aromatic rings. The van der Waals surface area contributed by atoms with Gasteiger partial charge in [0.1, 0.15) is 5.82 Å². The first-order valence-electron chi connectivity index (χ1n) is 6.07. The van der Waals surface area contributed by atoms with E-state index < -0.39 is 15.8 Å². The summed E-state index contributed by atoms with van der Waals surface area (Å²) in [5.41, 5.74) is 1.25. The molecule has 0 fully saturated rings. The number of hydrogen-bond donors (Lipinski definition) is 2. The van der Waals surface area contributed by atoms with Crippen LogP contribution in [0.3, 0.4) is 0 Å².